The van der Waals surface area contributed by atoms with Gasteiger partial charge in [0.25, 0.3) is 0 Å². The molecule has 4 heterocycles. The van der Waals surface area contributed by atoms with Crippen molar-refractivity contribution in [2.24, 2.45) is 20.0 Å². The fourth-order valence-corrected chi connectivity index (χ4v) is 6.38. The molecule has 2 aromatic heterocycles. The number of amides is 1. The summed E-state index contributed by atoms with van der Waals surface area (Å²) in [4.78, 5) is 30.8. The van der Waals surface area contributed by atoms with Crippen molar-refractivity contribution in [2.45, 2.75) is 51.0 Å². The van der Waals surface area contributed by atoms with Gasteiger partial charge in [-0.05, 0) is 54.7 Å². The quantitative estimate of drug-likeness (QED) is 0.372. The Kier molecular flexibility index (Phi) is 8.54. The number of hydrogen-bond donors (Lipinski definition) is 1. The van der Waals surface area contributed by atoms with Crippen LogP contribution >= 0.6 is 0 Å². The van der Waals surface area contributed by atoms with E-state index in [4.69, 9.17) is 4.74 Å². The number of carboxylic acid groups (broad SMARTS) is 1. The first-order valence-electron chi connectivity index (χ1n) is 14.4. The Bertz CT molecular complexity index is 1350. The minimum atomic E-state index is -0.800. The number of rotatable bonds is 11. The minimum Gasteiger partial charge on any atom is -0.493 e. The zero-order chi connectivity index (χ0) is 28.2. The van der Waals surface area contributed by atoms with E-state index < -0.39 is 11.9 Å². The number of carbonyl (C=O) groups is 2. The molecule has 1 saturated heterocycles. The number of likely N-dealkylation sites (tertiary alicyclic amines) is 1. The summed E-state index contributed by atoms with van der Waals surface area (Å²) in [6, 6.07) is 13.9. The van der Waals surface area contributed by atoms with Gasteiger partial charge in [0, 0.05) is 56.5 Å². The lowest BCUT2D eigenvalue weighted by Gasteiger charge is -2.29. The van der Waals surface area contributed by atoms with Crippen molar-refractivity contribution in [3.63, 3.8) is 0 Å². The molecule has 1 N–H and O–H groups in total. The molecule has 1 fully saturated rings. The van der Waals surface area contributed by atoms with E-state index in [-0.39, 0.29) is 24.4 Å². The number of ether oxygens (including phenoxy) is 1. The van der Waals surface area contributed by atoms with Crippen molar-refractivity contribution in [3.05, 3.63) is 77.9 Å². The molecule has 0 aliphatic carbocycles. The van der Waals surface area contributed by atoms with Gasteiger partial charge in [-0.1, -0.05) is 25.5 Å². The SMILES string of the molecule is CCCCN(C(=O)CN1C[C@H](c2ccc3c(c2)CCO3)[C@@H](C(=O)O)[C@@H]1CCc1cccn1C)c1ccc[n+](C)c1. The first-order chi connectivity index (χ1) is 19.4. The third kappa shape index (κ3) is 5.92. The number of nitrogens with zero attached hydrogens (tertiary/aromatic N) is 4. The molecule has 2 aliphatic heterocycles. The molecular weight excluding hydrogens is 504 g/mol. The van der Waals surface area contributed by atoms with E-state index in [9.17, 15) is 14.7 Å². The molecule has 5 rings (SSSR count). The minimum absolute atomic E-state index is 0.00987. The van der Waals surface area contributed by atoms with Crippen LogP contribution in [0.2, 0.25) is 0 Å². The van der Waals surface area contributed by atoms with Crippen molar-refractivity contribution in [3.8, 4) is 5.75 Å². The lowest BCUT2D eigenvalue weighted by molar-refractivity contribution is -0.670. The first-order valence-corrected chi connectivity index (χ1v) is 14.4. The number of hydrogen-bond acceptors (Lipinski definition) is 4. The van der Waals surface area contributed by atoms with Crippen LogP contribution in [-0.4, -0.2) is 58.7 Å². The molecule has 3 atom stereocenters. The Morgan fingerprint density at radius 3 is 2.77 bits per heavy atom. The number of aryl methyl sites for hydroxylation is 3. The van der Waals surface area contributed by atoms with E-state index in [2.05, 4.69) is 28.5 Å². The number of benzene rings is 1. The molecule has 8 nitrogen and oxygen atoms in total. The van der Waals surface area contributed by atoms with Crippen LogP contribution in [0.1, 0.15) is 48.9 Å². The number of pyridine rings is 1. The first kappa shape index (κ1) is 27.9. The number of fused-ring (bicyclic) bond motifs is 1. The van der Waals surface area contributed by atoms with Crippen LogP contribution in [0.4, 0.5) is 5.69 Å². The highest BCUT2D eigenvalue weighted by Crippen LogP contribution is 2.41. The summed E-state index contributed by atoms with van der Waals surface area (Å²) in [5.74, 6) is -0.703. The highest BCUT2D eigenvalue weighted by Gasteiger charge is 2.47. The highest BCUT2D eigenvalue weighted by atomic mass is 16.5. The number of unbranched alkanes of at least 4 members (excludes halogenated alkanes) is 1. The summed E-state index contributed by atoms with van der Waals surface area (Å²) in [6.45, 7) is 4.14. The average Bonchev–Trinajstić information content (AvgIpc) is 3.65. The third-order valence-corrected chi connectivity index (χ3v) is 8.53. The van der Waals surface area contributed by atoms with Crippen LogP contribution < -0.4 is 14.2 Å². The lowest BCUT2D eigenvalue weighted by atomic mass is 9.83. The molecule has 3 aromatic rings. The molecule has 212 valence electrons. The maximum Gasteiger partial charge on any atom is 0.308 e. The molecule has 1 amide bonds. The fourth-order valence-electron chi connectivity index (χ4n) is 6.38. The topological polar surface area (TPSA) is 78.9 Å². The predicted octanol–water partition coefficient (Wildman–Crippen LogP) is 3.72. The summed E-state index contributed by atoms with van der Waals surface area (Å²) in [5, 5.41) is 10.6. The van der Waals surface area contributed by atoms with Gasteiger partial charge in [-0.3, -0.25) is 14.5 Å². The zero-order valence-corrected chi connectivity index (χ0v) is 23.8. The van der Waals surface area contributed by atoms with Gasteiger partial charge in [0.05, 0.1) is 19.1 Å². The molecule has 40 heavy (non-hydrogen) atoms. The Hall–Kier alpha value is -3.65. The maximum atomic E-state index is 13.9. The Labute approximate surface area is 236 Å². The molecule has 0 radical (unpaired) electrons. The standard InChI is InChI=1S/C32H40N4O4/c1-4-5-17-36(26-9-6-15-33(2)20-26)30(37)22-35-21-27(23-10-13-29-24(19-23)14-18-40-29)31(32(38)39)28(35)12-11-25-8-7-16-34(25)3/h6-10,13,15-16,19-20,27-28,31H,4-5,11-12,14,17-18,21-22H2,1-3H3/p+1/t27-,28+,31-/m1/s1. The van der Waals surface area contributed by atoms with Crippen molar-refractivity contribution < 1.29 is 24.0 Å². The molecular formula is C32H41N4O4+. The van der Waals surface area contributed by atoms with E-state index >= 15 is 0 Å². The van der Waals surface area contributed by atoms with Gasteiger partial charge < -0.3 is 19.3 Å². The number of carbonyl (C=O) groups excluding carboxylic acids is 1. The molecule has 1 aromatic carbocycles. The Morgan fingerprint density at radius 1 is 1.20 bits per heavy atom. The largest absolute Gasteiger partial charge is 0.493 e. The van der Waals surface area contributed by atoms with Crippen LogP contribution in [0.15, 0.2) is 61.1 Å². The van der Waals surface area contributed by atoms with Crippen LogP contribution in [0.3, 0.4) is 0 Å². The second kappa shape index (κ2) is 12.3. The molecule has 0 saturated carbocycles. The van der Waals surface area contributed by atoms with Gasteiger partial charge in [-0.25, -0.2) is 4.57 Å². The number of anilines is 1. The molecule has 0 bridgehead atoms. The number of carboxylic acids is 1. The smallest absolute Gasteiger partial charge is 0.308 e. The summed E-state index contributed by atoms with van der Waals surface area (Å²) in [7, 11) is 3.97. The summed E-state index contributed by atoms with van der Waals surface area (Å²) in [6.07, 6.45) is 10.1. The van der Waals surface area contributed by atoms with Crippen LogP contribution in [0.25, 0.3) is 0 Å². The molecule has 0 unspecified atom stereocenters. The van der Waals surface area contributed by atoms with Crippen molar-refractivity contribution in [1.82, 2.24) is 9.47 Å². The normalized spacial score (nSPS) is 20.3. The van der Waals surface area contributed by atoms with Gasteiger partial charge >= 0.3 is 5.97 Å². The molecule has 8 heteroatoms. The van der Waals surface area contributed by atoms with E-state index in [1.54, 1.807) is 0 Å². The van der Waals surface area contributed by atoms with Gasteiger partial charge in [0.1, 0.15) is 18.5 Å². The van der Waals surface area contributed by atoms with Crippen molar-refractivity contribution in [2.75, 3.05) is 31.1 Å². The predicted molar refractivity (Wildman–Crippen MR) is 153 cm³/mol. The molecule has 0 spiro atoms. The van der Waals surface area contributed by atoms with E-state index in [0.717, 1.165) is 53.9 Å². The zero-order valence-electron chi connectivity index (χ0n) is 23.8. The van der Waals surface area contributed by atoms with Crippen molar-refractivity contribution >= 4 is 17.6 Å². The van der Waals surface area contributed by atoms with Crippen LogP contribution in [0.5, 0.6) is 5.75 Å². The van der Waals surface area contributed by atoms with E-state index in [0.29, 0.717) is 26.1 Å². The van der Waals surface area contributed by atoms with Gasteiger partial charge in [-0.2, -0.15) is 0 Å². The van der Waals surface area contributed by atoms with Gasteiger partial charge in [0.15, 0.2) is 12.4 Å². The van der Waals surface area contributed by atoms with Crippen molar-refractivity contribution in [1.29, 1.82) is 0 Å². The monoisotopic (exact) mass is 545 g/mol. The number of aromatic nitrogens is 2. The summed E-state index contributed by atoms with van der Waals surface area (Å²) < 4.78 is 9.74. The van der Waals surface area contributed by atoms with Crippen LogP contribution in [0, 0.1) is 5.92 Å². The summed E-state index contributed by atoms with van der Waals surface area (Å²) in [5.41, 5.74) is 4.19. The van der Waals surface area contributed by atoms with E-state index in [1.165, 1.54) is 0 Å². The van der Waals surface area contributed by atoms with E-state index in [1.807, 2.05) is 72.5 Å². The fraction of sp³-hybridized carbons (Fsp3) is 0.469. The molecule has 2 aliphatic rings. The number of aliphatic carboxylic acids is 1. The van der Waals surface area contributed by atoms with Gasteiger partial charge in [0.2, 0.25) is 5.91 Å². The second-order valence-electron chi connectivity index (χ2n) is 11.2. The lowest BCUT2D eigenvalue weighted by Crippen LogP contribution is -2.45. The highest BCUT2D eigenvalue weighted by molar-refractivity contribution is 5.94. The summed E-state index contributed by atoms with van der Waals surface area (Å²) >= 11 is 0. The second-order valence-corrected chi connectivity index (χ2v) is 11.2. The third-order valence-electron chi connectivity index (χ3n) is 8.53. The van der Waals surface area contributed by atoms with Crippen LogP contribution in [-0.2, 0) is 36.5 Å². The Balaban J connectivity index is 1.44. The maximum absolute atomic E-state index is 13.9. The average molecular weight is 546 g/mol. The van der Waals surface area contributed by atoms with Gasteiger partial charge in [-0.15, -0.1) is 0 Å². The Morgan fingerprint density at radius 2 is 2.05 bits per heavy atom.